The lowest BCUT2D eigenvalue weighted by Crippen LogP contribution is -2.11. The van der Waals surface area contributed by atoms with Gasteiger partial charge in [0.25, 0.3) is 0 Å². The average Bonchev–Trinajstić information content (AvgIpc) is 3.07. The first-order valence-corrected chi connectivity index (χ1v) is 8.61. The fraction of sp³-hybridized carbons (Fsp3) is 0.100. The number of imidazole rings is 1. The van der Waals surface area contributed by atoms with Crippen molar-refractivity contribution >= 4 is 33.8 Å². The van der Waals surface area contributed by atoms with Crippen molar-refractivity contribution in [1.29, 1.82) is 0 Å². The molecule has 0 aliphatic carbocycles. The normalized spacial score (nSPS) is 10.8. The topological polar surface area (TPSA) is 55.6 Å². The Kier molecular flexibility index (Phi) is 4.18. The van der Waals surface area contributed by atoms with Crippen LogP contribution in [0.15, 0.2) is 61.3 Å². The second kappa shape index (κ2) is 6.65. The maximum Gasteiger partial charge on any atom is 0.131 e. The highest BCUT2D eigenvalue weighted by Gasteiger charge is 2.07. The number of rotatable bonds is 3. The molecule has 0 bridgehead atoms. The van der Waals surface area contributed by atoms with Crippen LogP contribution in [-0.2, 0) is 7.05 Å². The number of aryl methyl sites for hydroxylation is 2. The lowest BCUT2D eigenvalue weighted by molar-refractivity contribution is 0.921. The smallest absolute Gasteiger partial charge is 0.131 e. The summed E-state index contributed by atoms with van der Waals surface area (Å²) in [5.41, 5.74) is 4.04. The average molecular weight is 359 g/mol. The van der Waals surface area contributed by atoms with Gasteiger partial charge in [0.2, 0.25) is 0 Å². The molecule has 128 valence electrons. The van der Waals surface area contributed by atoms with Gasteiger partial charge in [-0.05, 0) is 36.6 Å². The molecule has 0 unspecified atom stereocenters. The molecule has 0 radical (unpaired) electrons. The monoisotopic (exact) mass is 359 g/mol. The highest BCUT2D eigenvalue weighted by atomic mass is 32.1. The fourth-order valence-corrected chi connectivity index (χ4v) is 3.11. The van der Waals surface area contributed by atoms with Crippen LogP contribution in [0.5, 0.6) is 0 Å². The van der Waals surface area contributed by atoms with Gasteiger partial charge in [-0.3, -0.25) is 4.98 Å². The number of anilines is 1. The number of nitrogens with one attached hydrogen (secondary N) is 1. The number of aromatic nitrogens is 4. The molecule has 1 aromatic carbocycles. The Morgan fingerprint density at radius 3 is 2.69 bits per heavy atom. The van der Waals surface area contributed by atoms with Gasteiger partial charge < -0.3 is 9.88 Å². The van der Waals surface area contributed by atoms with Crippen molar-refractivity contribution in [3.8, 4) is 11.3 Å². The summed E-state index contributed by atoms with van der Waals surface area (Å²) in [5, 5.41) is 5.39. The fourth-order valence-electron chi connectivity index (χ4n) is 2.88. The number of thiocarbonyl (C=S) groups is 1. The van der Waals surface area contributed by atoms with Crippen molar-refractivity contribution in [1.82, 2.24) is 19.5 Å². The van der Waals surface area contributed by atoms with Crippen molar-refractivity contribution in [2.45, 2.75) is 6.92 Å². The summed E-state index contributed by atoms with van der Waals surface area (Å²) in [5.74, 6) is 0.721. The highest BCUT2D eigenvalue weighted by Crippen LogP contribution is 2.25. The van der Waals surface area contributed by atoms with Crippen LogP contribution in [0.3, 0.4) is 0 Å². The van der Waals surface area contributed by atoms with Gasteiger partial charge in [-0.15, -0.1) is 0 Å². The molecule has 0 aliphatic heterocycles. The Morgan fingerprint density at radius 1 is 1.04 bits per heavy atom. The lowest BCUT2D eigenvalue weighted by Gasteiger charge is -2.09. The van der Waals surface area contributed by atoms with Crippen molar-refractivity contribution in [3.05, 3.63) is 72.6 Å². The van der Waals surface area contributed by atoms with Crippen LogP contribution in [-0.4, -0.2) is 24.5 Å². The zero-order valence-electron chi connectivity index (χ0n) is 14.5. The van der Waals surface area contributed by atoms with Crippen LogP contribution in [0.2, 0.25) is 0 Å². The van der Waals surface area contributed by atoms with Crippen LogP contribution >= 0.6 is 12.2 Å². The van der Waals surface area contributed by atoms with Crippen LogP contribution in [0.1, 0.15) is 11.3 Å². The summed E-state index contributed by atoms with van der Waals surface area (Å²) < 4.78 is 2.00. The molecule has 1 N–H and O–H groups in total. The van der Waals surface area contributed by atoms with Gasteiger partial charge in [-0.2, -0.15) is 0 Å². The van der Waals surface area contributed by atoms with Gasteiger partial charge in [0.1, 0.15) is 10.8 Å². The highest BCUT2D eigenvalue weighted by molar-refractivity contribution is 7.81. The van der Waals surface area contributed by atoms with Crippen molar-refractivity contribution in [3.63, 3.8) is 0 Å². The minimum absolute atomic E-state index is 0.630. The van der Waals surface area contributed by atoms with Gasteiger partial charge in [0.15, 0.2) is 0 Å². The minimum Gasteiger partial charge on any atom is -0.334 e. The van der Waals surface area contributed by atoms with Gasteiger partial charge in [-0.25, -0.2) is 9.97 Å². The van der Waals surface area contributed by atoms with E-state index in [0.29, 0.717) is 4.99 Å². The molecule has 3 heterocycles. The summed E-state index contributed by atoms with van der Waals surface area (Å²) >= 11 is 5.50. The largest absolute Gasteiger partial charge is 0.334 e. The molecule has 0 aliphatic rings. The number of nitrogens with zero attached hydrogens (tertiary/aromatic N) is 4. The molecule has 0 fully saturated rings. The molecule has 26 heavy (non-hydrogen) atoms. The molecule has 4 aromatic rings. The van der Waals surface area contributed by atoms with E-state index < -0.39 is 0 Å². The Morgan fingerprint density at radius 2 is 1.92 bits per heavy atom. The maximum absolute atomic E-state index is 5.50. The maximum atomic E-state index is 5.50. The third-order valence-corrected chi connectivity index (χ3v) is 4.57. The SMILES string of the molecule is Cc1cc(C(=S)Nc2cc3cc(-c4cncn4C)ccc3cn2)ccn1. The molecule has 3 aromatic heterocycles. The van der Waals surface area contributed by atoms with E-state index >= 15 is 0 Å². The molecule has 0 saturated carbocycles. The zero-order chi connectivity index (χ0) is 18.1. The van der Waals surface area contributed by atoms with E-state index in [-0.39, 0.29) is 0 Å². The summed E-state index contributed by atoms with van der Waals surface area (Å²) in [6.07, 6.45) is 7.27. The Labute approximate surface area is 156 Å². The number of pyridine rings is 2. The third kappa shape index (κ3) is 3.19. The van der Waals surface area contributed by atoms with Crippen LogP contribution in [0.25, 0.3) is 22.0 Å². The van der Waals surface area contributed by atoms with E-state index in [1.165, 1.54) is 0 Å². The molecule has 0 spiro atoms. The standard InChI is InChI=1S/C20H17N5S/c1-13-7-15(5-6-22-13)20(26)24-19-9-17-8-14(3-4-16(17)10-23-19)18-11-21-12-25(18)2/h3-12H,1-2H3,(H,23,24,26). The summed E-state index contributed by atoms with van der Waals surface area (Å²) in [6, 6.07) is 12.1. The second-order valence-corrected chi connectivity index (χ2v) is 6.57. The van der Waals surface area contributed by atoms with Crippen molar-refractivity contribution in [2.75, 3.05) is 5.32 Å². The second-order valence-electron chi connectivity index (χ2n) is 6.16. The quantitative estimate of drug-likeness (QED) is 0.558. The van der Waals surface area contributed by atoms with E-state index in [9.17, 15) is 0 Å². The lowest BCUT2D eigenvalue weighted by atomic mass is 10.1. The van der Waals surface area contributed by atoms with E-state index in [1.807, 2.05) is 49.1 Å². The number of hydrogen-bond acceptors (Lipinski definition) is 4. The van der Waals surface area contributed by atoms with Crippen LogP contribution in [0.4, 0.5) is 5.82 Å². The van der Waals surface area contributed by atoms with Gasteiger partial charge in [0, 0.05) is 41.6 Å². The summed E-state index contributed by atoms with van der Waals surface area (Å²) in [6.45, 7) is 1.94. The Bertz CT molecular complexity index is 1120. The molecule has 0 atom stereocenters. The first-order chi connectivity index (χ1) is 12.6. The van der Waals surface area contributed by atoms with E-state index in [1.54, 1.807) is 12.5 Å². The molecule has 6 heteroatoms. The van der Waals surface area contributed by atoms with Crippen molar-refractivity contribution in [2.24, 2.45) is 7.05 Å². The van der Waals surface area contributed by atoms with E-state index in [0.717, 1.165) is 39.1 Å². The molecule has 0 saturated heterocycles. The Hall–Kier alpha value is -3.12. The molecule has 4 rings (SSSR count). The predicted molar refractivity (Wildman–Crippen MR) is 108 cm³/mol. The van der Waals surface area contributed by atoms with E-state index in [2.05, 4.69) is 38.5 Å². The molecule has 0 amide bonds. The summed E-state index contributed by atoms with van der Waals surface area (Å²) in [4.78, 5) is 13.5. The summed E-state index contributed by atoms with van der Waals surface area (Å²) in [7, 11) is 1.99. The molecule has 5 nitrogen and oxygen atoms in total. The number of hydrogen-bond donors (Lipinski definition) is 1. The number of benzene rings is 1. The minimum atomic E-state index is 0.630. The van der Waals surface area contributed by atoms with Crippen LogP contribution in [0, 0.1) is 6.92 Å². The van der Waals surface area contributed by atoms with Gasteiger partial charge in [0.05, 0.1) is 18.2 Å². The zero-order valence-corrected chi connectivity index (χ0v) is 15.3. The predicted octanol–water partition coefficient (Wildman–Crippen LogP) is 4.13. The number of fused-ring (bicyclic) bond motifs is 1. The van der Waals surface area contributed by atoms with Gasteiger partial charge in [-0.1, -0.05) is 24.4 Å². The Balaban J connectivity index is 1.66. The van der Waals surface area contributed by atoms with Crippen LogP contribution < -0.4 is 5.32 Å². The van der Waals surface area contributed by atoms with Crippen molar-refractivity contribution < 1.29 is 0 Å². The third-order valence-electron chi connectivity index (χ3n) is 4.23. The van der Waals surface area contributed by atoms with Gasteiger partial charge >= 0.3 is 0 Å². The molecular weight excluding hydrogens is 342 g/mol. The van der Waals surface area contributed by atoms with E-state index in [4.69, 9.17) is 12.2 Å². The first-order valence-electron chi connectivity index (χ1n) is 8.21. The molecular formula is C20H17N5S. The first kappa shape index (κ1) is 16.4.